The largest absolute Gasteiger partial charge is 0.461 e. The van der Waals surface area contributed by atoms with Gasteiger partial charge in [-0.2, -0.15) is 4.39 Å². The van der Waals surface area contributed by atoms with Crippen LogP contribution in [0.4, 0.5) is 10.1 Å². The summed E-state index contributed by atoms with van der Waals surface area (Å²) in [6.07, 6.45) is -2.31. The standard InChI is InChI=1S/C10H8Br2FNO5/c1-2-18-10(15)9(13)19-8-6(11)3-5(14(16)17)4-7(8)12/h3-4,9H,2H2,1H3. The lowest BCUT2D eigenvalue weighted by Gasteiger charge is -2.13. The normalized spacial score (nSPS) is 11.8. The second-order valence-corrected chi connectivity index (χ2v) is 4.89. The van der Waals surface area contributed by atoms with Crippen LogP contribution in [0.15, 0.2) is 21.1 Å². The van der Waals surface area contributed by atoms with Crippen molar-refractivity contribution >= 4 is 43.5 Å². The Hall–Kier alpha value is -1.22. The van der Waals surface area contributed by atoms with E-state index in [-0.39, 0.29) is 27.0 Å². The van der Waals surface area contributed by atoms with Crippen LogP contribution in [0.2, 0.25) is 0 Å². The maximum Gasteiger partial charge on any atom is 0.381 e. The number of esters is 1. The lowest BCUT2D eigenvalue weighted by atomic mass is 10.3. The van der Waals surface area contributed by atoms with E-state index in [4.69, 9.17) is 4.74 Å². The maximum absolute atomic E-state index is 13.4. The summed E-state index contributed by atoms with van der Waals surface area (Å²) in [7, 11) is 0. The van der Waals surface area contributed by atoms with E-state index in [2.05, 4.69) is 36.6 Å². The molecule has 0 aromatic heterocycles. The molecule has 0 spiro atoms. The fourth-order valence-corrected chi connectivity index (χ4v) is 2.47. The van der Waals surface area contributed by atoms with Crippen LogP contribution >= 0.6 is 31.9 Å². The molecule has 9 heteroatoms. The van der Waals surface area contributed by atoms with Gasteiger partial charge in [0, 0.05) is 12.1 Å². The Labute approximate surface area is 124 Å². The van der Waals surface area contributed by atoms with E-state index in [1.165, 1.54) is 6.92 Å². The lowest BCUT2D eigenvalue weighted by molar-refractivity contribution is -0.385. The first kappa shape index (κ1) is 15.8. The van der Waals surface area contributed by atoms with Gasteiger partial charge >= 0.3 is 12.3 Å². The summed E-state index contributed by atoms with van der Waals surface area (Å²) in [6, 6.07) is 2.27. The van der Waals surface area contributed by atoms with Crippen molar-refractivity contribution in [3.05, 3.63) is 31.2 Å². The van der Waals surface area contributed by atoms with E-state index in [1.54, 1.807) is 0 Å². The van der Waals surface area contributed by atoms with E-state index in [0.717, 1.165) is 12.1 Å². The monoisotopic (exact) mass is 399 g/mol. The molecular formula is C10H8Br2FNO5. The third-order valence-electron chi connectivity index (χ3n) is 1.89. The van der Waals surface area contributed by atoms with Gasteiger partial charge in [-0.3, -0.25) is 10.1 Å². The van der Waals surface area contributed by atoms with Gasteiger partial charge in [0.1, 0.15) is 0 Å². The second kappa shape index (κ2) is 6.80. The van der Waals surface area contributed by atoms with E-state index in [0.29, 0.717) is 0 Å². The molecule has 0 saturated heterocycles. The molecule has 1 atom stereocenters. The highest BCUT2D eigenvalue weighted by Gasteiger charge is 2.24. The minimum atomic E-state index is -2.31. The molecule has 1 unspecified atom stereocenters. The zero-order valence-corrected chi connectivity index (χ0v) is 12.7. The number of hydrogen-bond donors (Lipinski definition) is 0. The van der Waals surface area contributed by atoms with Crippen molar-refractivity contribution in [2.45, 2.75) is 13.3 Å². The van der Waals surface area contributed by atoms with Crippen LogP contribution in [-0.2, 0) is 9.53 Å². The number of nitro benzene ring substituents is 1. The van der Waals surface area contributed by atoms with Crippen LogP contribution in [0.25, 0.3) is 0 Å². The zero-order chi connectivity index (χ0) is 14.6. The number of nitrogens with zero attached hydrogens (tertiary/aromatic N) is 1. The highest BCUT2D eigenvalue weighted by molar-refractivity contribution is 9.11. The van der Waals surface area contributed by atoms with E-state index < -0.39 is 17.3 Å². The minimum Gasteiger partial charge on any atom is -0.461 e. The summed E-state index contributed by atoms with van der Waals surface area (Å²) in [5.74, 6) is -1.23. The summed E-state index contributed by atoms with van der Waals surface area (Å²) >= 11 is 6.01. The Morgan fingerprint density at radius 3 is 2.42 bits per heavy atom. The van der Waals surface area contributed by atoms with E-state index in [9.17, 15) is 19.3 Å². The fraction of sp³-hybridized carbons (Fsp3) is 0.300. The van der Waals surface area contributed by atoms with Gasteiger partial charge in [-0.15, -0.1) is 0 Å². The molecule has 6 nitrogen and oxygen atoms in total. The summed E-state index contributed by atoms with van der Waals surface area (Å²) < 4.78 is 22.9. The van der Waals surface area contributed by atoms with E-state index in [1.807, 2.05) is 0 Å². The van der Waals surface area contributed by atoms with Crippen molar-refractivity contribution in [2.24, 2.45) is 0 Å². The molecule has 0 fully saturated rings. The number of non-ortho nitro benzene ring substituents is 1. The maximum atomic E-state index is 13.4. The molecule has 1 aromatic rings. The predicted molar refractivity (Wildman–Crippen MR) is 70.7 cm³/mol. The molecule has 1 rings (SSSR count). The third-order valence-corrected chi connectivity index (χ3v) is 3.07. The Morgan fingerprint density at radius 1 is 1.47 bits per heavy atom. The number of carbonyl (C=O) groups is 1. The van der Waals surface area contributed by atoms with Crippen LogP contribution in [0.5, 0.6) is 5.75 Å². The summed E-state index contributed by atoms with van der Waals surface area (Å²) in [4.78, 5) is 21.1. The van der Waals surface area contributed by atoms with Gasteiger partial charge in [0.15, 0.2) is 5.75 Å². The van der Waals surface area contributed by atoms with Gasteiger partial charge in [0.2, 0.25) is 0 Å². The summed E-state index contributed by atoms with van der Waals surface area (Å²) in [5.41, 5.74) is -0.211. The number of benzene rings is 1. The predicted octanol–water partition coefficient (Wildman–Crippen LogP) is 3.36. The van der Waals surface area contributed by atoms with Crippen LogP contribution in [0, 0.1) is 10.1 Å². The Morgan fingerprint density at radius 2 is 2.00 bits per heavy atom. The minimum absolute atomic E-state index is 0.0191. The van der Waals surface area contributed by atoms with Crippen LogP contribution in [-0.4, -0.2) is 23.9 Å². The molecular weight excluding hydrogens is 393 g/mol. The number of rotatable bonds is 5. The van der Waals surface area contributed by atoms with Gasteiger partial charge in [-0.1, -0.05) is 0 Å². The average Bonchev–Trinajstić information content (AvgIpc) is 2.33. The summed E-state index contributed by atoms with van der Waals surface area (Å²) in [5, 5.41) is 10.6. The highest BCUT2D eigenvalue weighted by Crippen LogP contribution is 2.37. The number of alkyl halides is 1. The fourth-order valence-electron chi connectivity index (χ4n) is 1.12. The third kappa shape index (κ3) is 4.13. The topological polar surface area (TPSA) is 78.7 Å². The molecule has 0 N–H and O–H groups in total. The molecule has 0 radical (unpaired) electrons. The average molecular weight is 401 g/mol. The molecule has 19 heavy (non-hydrogen) atoms. The van der Waals surface area contributed by atoms with Gasteiger partial charge < -0.3 is 9.47 Å². The molecule has 1 aromatic carbocycles. The van der Waals surface area contributed by atoms with Crippen molar-refractivity contribution in [3.8, 4) is 5.75 Å². The Balaban J connectivity index is 2.96. The second-order valence-electron chi connectivity index (χ2n) is 3.18. The van der Waals surface area contributed by atoms with Gasteiger partial charge in [0.25, 0.3) is 5.69 Å². The SMILES string of the molecule is CCOC(=O)C(F)Oc1c(Br)cc([N+](=O)[O-])cc1Br. The first-order valence-electron chi connectivity index (χ1n) is 4.97. The number of carbonyl (C=O) groups excluding carboxylic acids is 1. The molecule has 0 bridgehead atoms. The van der Waals surface area contributed by atoms with E-state index >= 15 is 0 Å². The van der Waals surface area contributed by atoms with Crippen molar-refractivity contribution < 1.29 is 23.6 Å². The highest BCUT2D eigenvalue weighted by atomic mass is 79.9. The van der Waals surface area contributed by atoms with Gasteiger partial charge in [-0.25, -0.2) is 4.79 Å². The molecule has 0 aliphatic heterocycles. The van der Waals surface area contributed by atoms with Gasteiger partial charge in [0.05, 0.1) is 20.5 Å². The first-order valence-corrected chi connectivity index (χ1v) is 6.56. The van der Waals surface area contributed by atoms with Crippen molar-refractivity contribution in [3.63, 3.8) is 0 Å². The van der Waals surface area contributed by atoms with Crippen molar-refractivity contribution in [1.82, 2.24) is 0 Å². The lowest BCUT2D eigenvalue weighted by Crippen LogP contribution is -2.25. The van der Waals surface area contributed by atoms with Crippen LogP contribution in [0.3, 0.4) is 0 Å². The quantitative estimate of drug-likeness (QED) is 0.430. The molecule has 0 amide bonds. The summed E-state index contributed by atoms with van der Waals surface area (Å²) in [6.45, 7) is 1.55. The first-order chi connectivity index (χ1) is 8.86. The Kier molecular flexibility index (Phi) is 5.67. The zero-order valence-electron chi connectivity index (χ0n) is 9.56. The number of hydrogen-bond acceptors (Lipinski definition) is 5. The molecule has 0 aliphatic rings. The van der Waals surface area contributed by atoms with Crippen LogP contribution in [0.1, 0.15) is 6.92 Å². The number of ether oxygens (including phenoxy) is 2. The number of nitro groups is 1. The molecule has 0 heterocycles. The smallest absolute Gasteiger partial charge is 0.381 e. The van der Waals surface area contributed by atoms with Crippen molar-refractivity contribution in [2.75, 3.05) is 6.61 Å². The molecule has 104 valence electrons. The van der Waals surface area contributed by atoms with Crippen LogP contribution < -0.4 is 4.74 Å². The van der Waals surface area contributed by atoms with Gasteiger partial charge in [-0.05, 0) is 38.8 Å². The molecule has 0 aliphatic carbocycles. The number of halogens is 3. The Bertz CT molecular complexity index is 488. The molecule has 0 saturated carbocycles. The van der Waals surface area contributed by atoms with Crippen molar-refractivity contribution in [1.29, 1.82) is 0 Å².